The molecule has 1 aromatic rings. The molecule has 19 heavy (non-hydrogen) atoms. The third-order valence-corrected chi connectivity index (χ3v) is 4.13. The standard InChI is InChI=1S/C15H24N2OS/c1-12(2)11-19-9-3-8-17-15(18)14-6-4-13(10-16)5-7-14/h4-7,12H,3,8-11,16H2,1-2H3,(H,17,18). The van der Waals surface area contributed by atoms with Crippen molar-refractivity contribution in [3.63, 3.8) is 0 Å². The zero-order valence-corrected chi connectivity index (χ0v) is 12.6. The molecule has 0 heterocycles. The number of carbonyl (C=O) groups excluding carboxylic acids is 1. The highest BCUT2D eigenvalue weighted by molar-refractivity contribution is 7.99. The van der Waals surface area contributed by atoms with Gasteiger partial charge in [-0.15, -0.1) is 0 Å². The number of nitrogens with two attached hydrogens (primary N) is 1. The van der Waals surface area contributed by atoms with Gasteiger partial charge in [0.1, 0.15) is 0 Å². The van der Waals surface area contributed by atoms with Gasteiger partial charge in [-0.2, -0.15) is 11.8 Å². The van der Waals surface area contributed by atoms with Crippen molar-refractivity contribution < 1.29 is 4.79 Å². The number of amides is 1. The maximum absolute atomic E-state index is 11.8. The molecule has 0 saturated heterocycles. The van der Waals surface area contributed by atoms with Crippen LogP contribution in [0.2, 0.25) is 0 Å². The van der Waals surface area contributed by atoms with Crippen molar-refractivity contribution in [1.29, 1.82) is 0 Å². The van der Waals surface area contributed by atoms with Gasteiger partial charge >= 0.3 is 0 Å². The van der Waals surface area contributed by atoms with Gasteiger partial charge in [0.2, 0.25) is 0 Å². The van der Waals surface area contributed by atoms with E-state index in [1.165, 1.54) is 5.75 Å². The molecular weight excluding hydrogens is 256 g/mol. The SMILES string of the molecule is CC(C)CSCCCNC(=O)c1ccc(CN)cc1. The molecule has 106 valence electrons. The molecule has 0 fully saturated rings. The molecule has 4 heteroatoms. The first kappa shape index (κ1) is 16.1. The number of hydrogen-bond donors (Lipinski definition) is 2. The average molecular weight is 280 g/mol. The molecule has 0 atom stereocenters. The predicted octanol–water partition coefficient (Wildman–Crippen LogP) is 2.65. The Labute approximate surface area is 120 Å². The largest absolute Gasteiger partial charge is 0.352 e. The molecule has 1 amide bonds. The van der Waals surface area contributed by atoms with Crippen LogP contribution in [0, 0.1) is 5.92 Å². The van der Waals surface area contributed by atoms with Gasteiger partial charge in [-0.25, -0.2) is 0 Å². The van der Waals surface area contributed by atoms with Crippen LogP contribution in [-0.2, 0) is 6.54 Å². The summed E-state index contributed by atoms with van der Waals surface area (Å²) in [5.74, 6) is 3.03. The van der Waals surface area contributed by atoms with Crippen LogP contribution in [0.5, 0.6) is 0 Å². The van der Waals surface area contributed by atoms with Crippen molar-refractivity contribution in [2.45, 2.75) is 26.8 Å². The van der Waals surface area contributed by atoms with Gasteiger partial charge < -0.3 is 11.1 Å². The summed E-state index contributed by atoms with van der Waals surface area (Å²) in [7, 11) is 0. The lowest BCUT2D eigenvalue weighted by molar-refractivity contribution is 0.0954. The second-order valence-electron chi connectivity index (χ2n) is 4.98. The summed E-state index contributed by atoms with van der Waals surface area (Å²) < 4.78 is 0. The fraction of sp³-hybridized carbons (Fsp3) is 0.533. The van der Waals surface area contributed by atoms with Crippen molar-refractivity contribution in [3.8, 4) is 0 Å². The minimum atomic E-state index is -0.00238. The van der Waals surface area contributed by atoms with E-state index in [0.29, 0.717) is 12.1 Å². The Kier molecular flexibility index (Phi) is 7.60. The van der Waals surface area contributed by atoms with Gasteiger partial charge in [0.05, 0.1) is 0 Å². The summed E-state index contributed by atoms with van der Waals surface area (Å²) in [6.45, 7) is 5.69. The first-order valence-corrected chi connectivity index (χ1v) is 7.94. The normalized spacial score (nSPS) is 10.7. The predicted molar refractivity (Wildman–Crippen MR) is 83.4 cm³/mol. The Hall–Kier alpha value is -1.00. The van der Waals surface area contributed by atoms with Gasteiger partial charge in [0.15, 0.2) is 0 Å². The molecule has 0 bridgehead atoms. The zero-order valence-electron chi connectivity index (χ0n) is 11.8. The number of benzene rings is 1. The molecule has 0 spiro atoms. The fourth-order valence-electron chi connectivity index (χ4n) is 1.59. The topological polar surface area (TPSA) is 55.1 Å². The molecule has 0 radical (unpaired) electrons. The maximum Gasteiger partial charge on any atom is 0.251 e. The van der Waals surface area contributed by atoms with Crippen molar-refractivity contribution in [2.75, 3.05) is 18.1 Å². The van der Waals surface area contributed by atoms with E-state index in [0.717, 1.165) is 30.2 Å². The van der Waals surface area contributed by atoms with E-state index >= 15 is 0 Å². The van der Waals surface area contributed by atoms with Crippen molar-refractivity contribution in [2.24, 2.45) is 11.7 Å². The highest BCUT2D eigenvalue weighted by atomic mass is 32.2. The maximum atomic E-state index is 11.8. The number of thioether (sulfide) groups is 1. The van der Waals surface area contributed by atoms with Crippen LogP contribution in [0.4, 0.5) is 0 Å². The van der Waals surface area contributed by atoms with Gasteiger partial charge in [-0.05, 0) is 41.5 Å². The minimum absolute atomic E-state index is 0.00238. The van der Waals surface area contributed by atoms with Gasteiger partial charge in [-0.3, -0.25) is 4.79 Å². The summed E-state index contributed by atoms with van der Waals surface area (Å²) in [5.41, 5.74) is 7.27. The molecule has 0 aliphatic heterocycles. The molecule has 0 saturated carbocycles. The number of hydrogen-bond acceptors (Lipinski definition) is 3. The third kappa shape index (κ3) is 6.64. The quantitative estimate of drug-likeness (QED) is 0.720. The van der Waals surface area contributed by atoms with E-state index in [2.05, 4.69) is 19.2 Å². The zero-order chi connectivity index (χ0) is 14.1. The van der Waals surface area contributed by atoms with E-state index in [9.17, 15) is 4.79 Å². The van der Waals surface area contributed by atoms with E-state index in [1.807, 2.05) is 36.0 Å². The summed E-state index contributed by atoms with van der Waals surface area (Å²) in [5, 5.41) is 2.94. The second kappa shape index (κ2) is 8.99. The second-order valence-corrected chi connectivity index (χ2v) is 6.13. The highest BCUT2D eigenvalue weighted by Crippen LogP contribution is 2.08. The van der Waals surface area contributed by atoms with Crippen LogP contribution in [0.3, 0.4) is 0 Å². The molecule has 0 unspecified atom stereocenters. The highest BCUT2D eigenvalue weighted by Gasteiger charge is 2.04. The molecule has 3 nitrogen and oxygen atoms in total. The monoisotopic (exact) mass is 280 g/mol. The van der Waals surface area contributed by atoms with Gasteiger partial charge in [-0.1, -0.05) is 26.0 Å². The molecule has 1 aromatic carbocycles. The Balaban J connectivity index is 2.20. The van der Waals surface area contributed by atoms with E-state index in [1.54, 1.807) is 0 Å². The van der Waals surface area contributed by atoms with Crippen molar-refractivity contribution in [3.05, 3.63) is 35.4 Å². The summed E-state index contributed by atoms with van der Waals surface area (Å²) in [6, 6.07) is 7.44. The lowest BCUT2D eigenvalue weighted by Gasteiger charge is -2.07. The number of nitrogens with one attached hydrogen (secondary N) is 1. The number of rotatable bonds is 8. The van der Waals surface area contributed by atoms with Crippen LogP contribution < -0.4 is 11.1 Å². The Morgan fingerprint density at radius 1 is 1.32 bits per heavy atom. The number of carbonyl (C=O) groups is 1. The van der Waals surface area contributed by atoms with Gasteiger partial charge in [0.25, 0.3) is 5.91 Å². The van der Waals surface area contributed by atoms with Crippen molar-refractivity contribution in [1.82, 2.24) is 5.32 Å². The van der Waals surface area contributed by atoms with E-state index in [4.69, 9.17) is 5.73 Å². The molecule has 0 aliphatic rings. The Bertz CT molecular complexity index is 376. The molecule has 0 aliphatic carbocycles. The van der Waals surface area contributed by atoms with Crippen LogP contribution in [0.25, 0.3) is 0 Å². The lowest BCUT2D eigenvalue weighted by Crippen LogP contribution is -2.24. The molecule has 3 N–H and O–H groups in total. The summed E-state index contributed by atoms with van der Waals surface area (Å²) in [6.07, 6.45) is 1.02. The Morgan fingerprint density at radius 2 is 2.00 bits per heavy atom. The average Bonchev–Trinajstić information content (AvgIpc) is 2.42. The minimum Gasteiger partial charge on any atom is -0.352 e. The van der Waals surface area contributed by atoms with E-state index in [-0.39, 0.29) is 5.91 Å². The van der Waals surface area contributed by atoms with Crippen LogP contribution in [0.15, 0.2) is 24.3 Å². The smallest absolute Gasteiger partial charge is 0.251 e. The lowest BCUT2D eigenvalue weighted by atomic mass is 10.1. The van der Waals surface area contributed by atoms with Crippen LogP contribution in [-0.4, -0.2) is 24.0 Å². The van der Waals surface area contributed by atoms with E-state index < -0.39 is 0 Å². The first-order valence-electron chi connectivity index (χ1n) is 6.78. The molecule has 1 rings (SSSR count). The van der Waals surface area contributed by atoms with Crippen LogP contribution in [0.1, 0.15) is 36.2 Å². The first-order chi connectivity index (χ1) is 9.13. The molecular formula is C15H24N2OS. The van der Waals surface area contributed by atoms with Gasteiger partial charge in [0, 0.05) is 18.7 Å². The Morgan fingerprint density at radius 3 is 2.58 bits per heavy atom. The summed E-state index contributed by atoms with van der Waals surface area (Å²) in [4.78, 5) is 11.8. The summed E-state index contributed by atoms with van der Waals surface area (Å²) >= 11 is 1.95. The van der Waals surface area contributed by atoms with Crippen molar-refractivity contribution >= 4 is 17.7 Å². The van der Waals surface area contributed by atoms with Crippen LogP contribution >= 0.6 is 11.8 Å². The fourth-order valence-corrected chi connectivity index (χ4v) is 2.58. The third-order valence-electron chi connectivity index (χ3n) is 2.65. The molecule has 0 aromatic heterocycles.